The van der Waals surface area contributed by atoms with Crippen molar-refractivity contribution in [3.63, 3.8) is 0 Å². The average Bonchev–Trinajstić information content (AvgIpc) is 3.09. The number of amides is 1. The van der Waals surface area contributed by atoms with Crippen LogP contribution in [0, 0.1) is 17.0 Å². The van der Waals surface area contributed by atoms with Gasteiger partial charge in [0.15, 0.2) is 0 Å². The normalized spacial score (nSPS) is 11.5. The number of nitro benzene ring substituents is 1. The quantitative estimate of drug-likeness (QED) is 0.353. The summed E-state index contributed by atoms with van der Waals surface area (Å²) in [7, 11) is -3.91. The molecule has 0 saturated heterocycles. The fourth-order valence-corrected chi connectivity index (χ4v) is 4.82. The topological polar surface area (TPSA) is 138 Å². The number of hydrogen-bond donors (Lipinski definition) is 1. The van der Waals surface area contributed by atoms with Gasteiger partial charge in [0.25, 0.3) is 11.6 Å². The van der Waals surface area contributed by atoms with Gasteiger partial charge in [-0.2, -0.15) is 0 Å². The van der Waals surface area contributed by atoms with Gasteiger partial charge in [0, 0.05) is 18.7 Å². The summed E-state index contributed by atoms with van der Waals surface area (Å²) in [5.74, 6) is -0.254. The predicted molar refractivity (Wildman–Crippen MR) is 117 cm³/mol. The van der Waals surface area contributed by atoms with Crippen LogP contribution in [0.1, 0.15) is 21.7 Å². The minimum atomic E-state index is -3.91. The lowest BCUT2D eigenvalue weighted by molar-refractivity contribution is -0.384. The first-order valence-electron chi connectivity index (χ1n) is 9.52. The van der Waals surface area contributed by atoms with Crippen LogP contribution >= 0.6 is 0 Å². The number of nitro groups is 1. The van der Waals surface area contributed by atoms with Crippen molar-refractivity contribution < 1.29 is 18.1 Å². The van der Waals surface area contributed by atoms with Gasteiger partial charge in [-0.1, -0.05) is 30.3 Å². The number of nitrogens with two attached hydrogens (primary N) is 1. The van der Waals surface area contributed by atoms with E-state index in [-0.39, 0.29) is 27.6 Å². The van der Waals surface area contributed by atoms with Crippen LogP contribution in [0.15, 0.2) is 76.5 Å². The van der Waals surface area contributed by atoms with Crippen molar-refractivity contribution in [2.75, 3.05) is 0 Å². The molecule has 1 aromatic heterocycles. The molecule has 0 saturated carbocycles. The summed E-state index contributed by atoms with van der Waals surface area (Å²) in [5, 5.41) is 10.9. The van der Waals surface area contributed by atoms with Crippen LogP contribution in [-0.2, 0) is 16.4 Å². The van der Waals surface area contributed by atoms with E-state index < -0.39 is 20.7 Å². The van der Waals surface area contributed by atoms with Crippen LogP contribution in [0.5, 0.6) is 0 Å². The molecular weight excluding hydrogens is 432 g/mol. The molecule has 2 N–H and O–H groups in total. The van der Waals surface area contributed by atoms with Crippen molar-refractivity contribution in [2.45, 2.75) is 23.3 Å². The number of sulfone groups is 1. The molecular formula is C22H18N4O5S. The van der Waals surface area contributed by atoms with E-state index in [0.717, 1.165) is 5.56 Å². The Morgan fingerprint density at radius 2 is 1.72 bits per heavy atom. The molecule has 10 heteroatoms. The smallest absolute Gasteiger partial charge is 0.269 e. The SMILES string of the molecule is Cc1nc2c(C(N)=O)cc(S(=O)(=O)c3ccccc3)cc2n1Cc1ccc([N+](=O)[O-])cc1. The minimum absolute atomic E-state index is 0.00237. The van der Waals surface area contributed by atoms with Crippen molar-refractivity contribution >= 4 is 32.5 Å². The Morgan fingerprint density at radius 1 is 1.06 bits per heavy atom. The van der Waals surface area contributed by atoms with Crippen LogP contribution in [0.4, 0.5) is 5.69 Å². The summed E-state index contributed by atoms with van der Waals surface area (Å²) < 4.78 is 28.1. The maximum atomic E-state index is 13.2. The second-order valence-corrected chi connectivity index (χ2v) is 9.14. The van der Waals surface area contributed by atoms with Crippen molar-refractivity contribution in [2.24, 2.45) is 5.73 Å². The second-order valence-electron chi connectivity index (χ2n) is 7.19. The van der Waals surface area contributed by atoms with Gasteiger partial charge < -0.3 is 10.3 Å². The fourth-order valence-electron chi connectivity index (χ4n) is 3.50. The molecule has 0 aliphatic rings. The van der Waals surface area contributed by atoms with Crippen LogP contribution in [0.3, 0.4) is 0 Å². The van der Waals surface area contributed by atoms with E-state index >= 15 is 0 Å². The van der Waals surface area contributed by atoms with Crippen LogP contribution in [0.2, 0.25) is 0 Å². The summed E-state index contributed by atoms with van der Waals surface area (Å²) in [5.41, 5.74) is 6.97. The van der Waals surface area contributed by atoms with Gasteiger partial charge in [-0.15, -0.1) is 0 Å². The molecule has 0 aliphatic heterocycles. The number of carbonyl (C=O) groups is 1. The molecule has 1 amide bonds. The molecule has 9 nitrogen and oxygen atoms in total. The van der Waals surface area contributed by atoms with Crippen LogP contribution < -0.4 is 5.73 Å². The minimum Gasteiger partial charge on any atom is -0.366 e. The van der Waals surface area contributed by atoms with E-state index in [1.165, 1.54) is 36.4 Å². The third-order valence-corrected chi connectivity index (χ3v) is 6.88. The molecule has 0 atom stereocenters. The summed E-state index contributed by atoms with van der Waals surface area (Å²) >= 11 is 0. The number of imidazole rings is 1. The first-order valence-corrected chi connectivity index (χ1v) is 11.0. The highest BCUT2D eigenvalue weighted by Crippen LogP contribution is 2.29. The summed E-state index contributed by atoms with van der Waals surface area (Å²) in [6.45, 7) is 1.99. The number of carbonyl (C=O) groups excluding carboxylic acids is 1. The van der Waals surface area contributed by atoms with Gasteiger partial charge in [0.1, 0.15) is 11.3 Å². The van der Waals surface area contributed by atoms with Gasteiger partial charge >= 0.3 is 0 Å². The van der Waals surface area contributed by atoms with Gasteiger partial charge in [-0.05, 0) is 36.8 Å². The van der Waals surface area contributed by atoms with E-state index in [2.05, 4.69) is 4.98 Å². The molecule has 0 aliphatic carbocycles. The van der Waals surface area contributed by atoms with Gasteiger partial charge in [0.05, 0.1) is 25.8 Å². The van der Waals surface area contributed by atoms with Crippen molar-refractivity contribution in [1.82, 2.24) is 9.55 Å². The molecule has 4 rings (SSSR count). The lowest BCUT2D eigenvalue weighted by Gasteiger charge is -2.10. The van der Waals surface area contributed by atoms with Crippen LogP contribution in [0.25, 0.3) is 11.0 Å². The number of aromatic nitrogens is 2. The summed E-state index contributed by atoms with van der Waals surface area (Å²) in [6.07, 6.45) is 0. The lowest BCUT2D eigenvalue weighted by atomic mass is 10.1. The number of benzene rings is 3. The predicted octanol–water partition coefficient (Wildman–Crippen LogP) is 3.23. The third-order valence-electron chi connectivity index (χ3n) is 5.14. The van der Waals surface area contributed by atoms with E-state index in [4.69, 9.17) is 5.73 Å². The number of hydrogen-bond acceptors (Lipinski definition) is 6. The molecule has 3 aromatic carbocycles. The number of aryl methyl sites for hydroxylation is 1. The molecule has 0 fully saturated rings. The number of nitrogens with zero attached hydrogens (tertiary/aromatic N) is 3. The Kier molecular flexibility index (Phi) is 5.23. The maximum absolute atomic E-state index is 13.2. The van der Waals surface area contributed by atoms with E-state index in [1.807, 2.05) is 0 Å². The van der Waals surface area contributed by atoms with E-state index in [9.17, 15) is 23.3 Å². The Balaban J connectivity index is 1.89. The zero-order valence-corrected chi connectivity index (χ0v) is 17.7. The summed E-state index contributed by atoms with van der Waals surface area (Å²) in [6, 6.07) is 16.6. The Bertz CT molecular complexity index is 1460. The molecule has 0 bridgehead atoms. The number of primary amides is 1. The fraction of sp³-hybridized carbons (Fsp3) is 0.0909. The van der Waals surface area contributed by atoms with E-state index in [1.54, 1.807) is 41.8 Å². The Labute approximate surface area is 183 Å². The van der Waals surface area contributed by atoms with Gasteiger partial charge in [0.2, 0.25) is 9.84 Å². The highest BCUT2D eigenvalue weighted by Gasteiger charge is 2.23. The molecule has 0 radical (unpaired) electrons. The number of fused-ring (bicyclic) bond motifs is 1. The molecule has 0 spiro atoms. The third kappa shape index (κ3) is 3.71. The lowest BCUT2D eigenvalue weighted by Crippen LogP contribution is -2.13. The molecule has 4 aromatic rings. The highest BCUT2D eigenvalue weighted by molar-refractivity contribution is 7.91. The second kappa shape index (κ2) is 7.89. The monoisotopic (exact) mass is 450 g/mol. The maximum Gasteiger partial charge on any atom is 0.269 e. The molecule has 1 heterocycles. The zero-order chi connectivity index (χ0) is 23.0. The highest BCUT2D eigenvalue weighted by atomic mass is 32.2. The Morgan fingerprint density at radius 3 is 2.31 bits per heavy atom. The van der Waals surface area contributed by atoms with Crippen LogP contribution in [-0.4, -0.2) is 28.8 Å². The van der Waals surface area contributed by atoms with E-state index in [0.29, 0.717) is 16.9 Å². The van der Waals surface area contributed by atoms with Crippen molar-refractivity contribution in [3.05, 3.63) is 93.8 Å². The first-order chi connectivity index (χ1) is 15.2. The molecule has 32 heavy (non-hydrogen) atoms. The first kappa shape index (κ1) is 21.2. The van der Waals surface area contributed by atoms with Gasteiger partial charge in [-0.25, -0.2) is 13.4 Å². The zero-order valence-electron chi connectivity index (χ0n) is 16.9. The Hall–Kier alpha value is -4.05. The molecule has 0 unspecified atom stereocenters. The standard InChI is InChI=1S/C22H18N4O5S/c1-14-24-21-19(22(23)27)11-18(32(30,31)17-5-3-2-4-6-17)12-20(21)25(14)13-15-7-9-16(10-8-15)26(28)29/h2-12H,13H2,1H3,(H2,23,27). The largest absolute Gasteiger partial charge is 0.366 e. The van der Waals surface area contributed by atoms with Gasteiger partial charge in [-0.3, -0.25) is 14.9 Å². The average molecular weight is 450 g/mol. The summed E-state index contributed by atoms with van der Waals surface area (Å²) in [4.78, 5) is 27.0. The number of non-ortho nitro benzene ring substituents is 1. The van der Waals surface area contributed by atoms with Crippen molar-refractivity contribution in [3.8, 4) is 0 Å². The molecule has 162 valence electrons. The van der Waals surface area contributed by atoms with Crippen molar-refractivity contribution in [1.29, 1.82) is 0 Å². The number of rotatable bonds is 6.